The Bertz CT molecular complexity index is 937. The number of fused-ring (bicyclic) bond motifs is 1. The SMILES string of the molecule is CCN(C(=O)[C@H](C)Sc1nc(C)nc2sc(C)c(C)c12)c1ccccc1. The number of benzene rings is 1. The summed E-state index contributed by atoms with van der Waals surface area (Å²) >= 11 is 3.22. The molecule has 0 N–H and O–H groups in total. The van der Waals surface area contributed by atoms with Crippen LogP contribution in [0, 0.1) is 20.8 Å². The van der Waals surface area contributed by atoms with Gasteiger partial charge < -0.3 is 4.90 Å². The number of para-hydroxylation sites is 1. The van der Waals surface area contributed by atoms with E-state index in [2.05, 4.69) is 23.8 Å². The minimum atomic E-state index is -0.229. The first kappa shape index (κ1) is 18.9. The molecule has 0 aliphatic carbocycles. The molecule has 0 spiro atoms. The van der Waals surface area contributed by atoms with E-state index in [4.69, 9.17) is 0 Å². The summed E-state index contributed by atoms with van der Waals surface area (Å²) in [5.41, 5.74) is 2.14. The van der Waals surface area contributed by atoms with Gasteiger partial charge in [0.1, 0.15) is 15.7 Å². The van der Waals surface area contributed by atoms with Gasteiger partial charge in [-0.2, -0.15) is 0 Å². The molecule has 6 heteroatoms. The van der Waals surface area contributed by atoms with E-state index in [-0.39, 0.29) is 11.2 Å². The average Bonchev–Trinajstić information content (AvgIpc) is 2.90. The lowest BCUT2D eigenvalue weighted by Gasteiger charge is -2.24. The molecule has 0 radical (unpaired) electrons. The zero-order chi connectivity index (χ0) is 18.8. The van der Waals surface area contributed by atoms with Gasteiger partial charge in [-0.15, -0.1) is 11.3 Å². The molecule has 2 heterocycles. The van der Waals surface area contributed by atoms with E-state index in [9.17, 15) is 4.79 Å². The van der Waals surface area contributed by atoms with E-state index in [0.717, 1.165) is 26.8 Å². The Morgan fingerprint density at radius 1 is 1.19 bits per heavy atom. The topological polar surface area (TPSA) is 46.1 Å². The number of carbonyl (C=O) groups excluding carboxylic acids is 1. The predicted octanol–water partition coefficient (Wildman–Crippen LogP) is 5.15. The maximum Gasteiger partial charge on any atom is 0.240 e. The van der Waals surface area contributed by atoms with Gasteiger partial charge in [-0.25, -0.2) is 9.97 Å². The minimum absolute atomic E-state index is 0.0951. The van der Waals surface area contributed by atoms with Crippen LogP contribution >= 0.6 is 23.1 Å². The van der Waals surface area contributed by atoms with Crippen LogP contribution in [0.2, 0.25) is 0 Å². The number of anilines is 1. The normalized spacial score (nSPS) is 12.3. The second-order valence-electron chi connectivity index (χ2n) is 6.22. The van der Waals surface area contributed by atoms with Crippen molar-refractivity contribution in [3.05, 3.63) is 46.6 Å². The highest BCUT2D eigenvalue weighted by atomic mass is 32.2. The molecular weight excluding hydrogens is 362 g/mol. The van der Waals surface area contributed by atoms with Gasteiger partial charge >= 0.3 is 0 Å². The maximum atomic E-state index is 13.1. The summed E-state index contributed by atoms with van der Waals surface area (Å²) in [6.07, 6.45) is 0. The van der Waals surface area contributed by atoms with Gasteiger partial charge in [0.25, 0.3) is 0 Å². The summed E-state index contributed by atoms with van der Waals surface area (Å²) < 4.78 is 0. The number of rotatable bonds is 5. The third-order valence-electron chi connectivity index (χ3n) is 4.39. The first-order valence-corrected chi connectivity index (χ1v) is 10.4. The van der Waals surface area contributed by atoms with Gasteiger partial charge in [0.2, 0.25) is 5.91 Å². The van der Waals surface area contributed by atoms with Crippen LogP contribution in [0.3, 0.4) is 0 Å². The van der Waals surface area contributed by atoms with Crippen LogP contribution in [0.4, 0.5) is 5.69 Å². The van der Waals surface area contributed by atoms with Gasteiger partial charge in [0.15, 0.2) is 0 Å². The first-order valence-electron chi connectivity index (χ1n) is 8.69. The zero-order valence-electron chi connectivity index (χ0n) is 15.7. The van der Waals surface area contributed by atoms with E-state index in [1.807, 2.05) is 56.0 Å². The van der Waals surface area contributed by atoms with Crippen LogP contribution in [0.1, 0.15) is 30.1 Å². The fourth-order valence-corrected chi connectivity index (χ4v) is 5.17. The van der Waals surface area contributed by atoms with Crippen molar-refractivity contribution in [1.82, 2.24) is 9.97 Å². The summed E-state index contributed by atoms with van der Waals surface area (Å²) in [5, 5.41) is 1.76. The molecule has 0 saturated heterocycles. The van der Waals surface area contributed by atoms with Crippen LogP contribution in [0.25, 0.3) is 10.2 Å². The number of hydrogen-bond acceptors (Lipinski definition) is 5. The summed E-state index contributed by atoms with van der Waals surface area (Å²) in [7, 11) is 0. The Morgan fingerprint density at radius 3 is 2.54 bits per heavy atom. The molecule has 0 bridgehead atoms. The van der Waals surface area contributed by atoms with Crippen LogP contribution in [-0.2, 0) is 4.79 Å². The van der Waals surface area contributed by atoms with Crippen molar-refractivity contribution in [3.8, 4) is 0 Å². The lowest BCUT2D eigenvalue weighted by atomic mass is 10.2. The Balaban J connectivity index is 1.91. The Hall–Kier alpha value is -1.92. The molecule has 0 fully saturated rings. The van der Waals surface area contributed by atoms with Crippen LogP contribution in [0.15, 0.2) is 35.4 Å². The summed E-state index contributed by atoms with van der Waals surface area (Å²) in [4.78, 5) is 26.3. The number of amides is 1. The van der Waals surface area contributed by atoms with Gasteiger partial charge in [0.05, 0.1) is 5.25 Å². The molecule has 4 nitrogen and oxygen atoms in total. The van der Waals surface area contributed by atoms with Crippen molar-refractivity contribution in [2.24, 2.45) is 0 Å². The highest BCUT2D eigenvalue weighted by Crippen LogP contribution is 2.37. The van der Waals surface area contributed by atoms with Crippen LogP contribution in [0.5, 0.6) is 0 Å². The molecule has 136 valence electrons. The van der Waals surface area contributed by atoms with Gasteiger partial charge in [-0.1, -0.05) is 30.0 Å². The number of carbonyl (C=O) groups is 1. The molecule has 0 saturated carbocycles. The highest BCUT2D eigenvalue weighted by Gasteiger charge is 2.24. The molecular formula is C20H23N3OS2. The van der Waals surface area contributed by atoms with Gasteiger partial charge in [0, 0.05) is 22.5 Å². The predicted molar refractivity (Wildman–Crippen MR) is 111 cm³/mol. The quantitative estimate of drug-likeness (QED) is 0.450. The summed E-state index contributed by atoms with van der Waals surface area (Å²) in [5.74, 6) is 0.842. The smallest absolute Gasteiger partial charge is 0.240 e. The number of thioether (sulfide) groups is 1. The zero-order valence-corrected chi connectivity index (χ0v) is 17.4. The maximum absolute atomic E-state index is 13.1. The molecule has 0 aliphatic rings. The molecule has 1 amide bonds. The largest absolute Gasteiger partial charge is 0.312 e. The molecule has 3 rings (SSSR count). The molecule has 2 aromatic heterocycles. The third kappa shape index (κ3) is 3.62. The lowest BCUT2D eigenvalue weighted by Crippen LogP contribution is -2.36. The fraction of sp³-hybridized carbons (Fsp3) is 0.350. The molecule has 0 aliphatic heterocycles. The van der Waals surface area contributed by atoms with Crippen molar-refractivity contribution in [2.45, 2.75) is 44.9 Å². The number of thiophene rings is 1. The van der Waals surface area contributed by atoms with E-state index < -0.39 is 0 Å². The number of hydrogen-bond donors (Lipinski definition) is 0. The molecule has 3 aromatic rings. The fourth-order valence-electron chi connectivity index (χ4n) is 2.91. The first-order chi connectivity index (χ1) is 12.4. The van der Waals surface area contributed by atoms with Crippen molar-refractivity contribution in [2.75, 3.05) is 11.4 Å². The van der Waals surface area contributed by atoms with Crippen molar-refractivity contribution in [3.63, 3.8) is 0 Å². The van der Waals surface area contributed by atoms with Gasteiger partial charge in [-0.05, 0) is 52.3 Å². The van der Waals surface area contributed by atoms with E-state index in [1.165, 1.54) is 22.2 Å². The number of nitrogens with zero attached hydrogens (tertiary/aromatic N) is 3. The van der Waals surface area contributed by atoms with Crippen molar-refractivity contribution < 1.29 is 4.79 Å². The van der Waals surface area contributed by atoms with E-state index in [1.54, 1.807) is 11.3 Å². The van der Waals surface area contributed by atoms with Crippen LogP contribution < -0.4 is 4.90 Å². The number of aryl methyl sites for hydroxylation is 3. The monoisotopic (exact) mass is 385 g/mol. The molecule has 0 unspecified atom stereocenters. The Labute approximate surface area is 162 Å². The van der Waals surface area contributed by atoms with Crippen molar-refractivity contribution in [1.29, 1.82) is 0 Å². The summed E-state index contributed by atoms with van der Waals surface area (Å²) in [6, 6.07) is 9.81. The highest BCUT2D eigenvalue weighted by molar-refractivity contribution is 8.00. The number of aromatic nitrogens is 2. The van der Waals surface area contributed by atoms with Gasteiger partial charge in [-0.3, -0.25) is 4.79 Å². The van der Waals surface area contributed by atoms with E-state index in [0.29, 0.717) is 6.54 Å². The minimum Gasteiger partial charge on any atom is -0.312 e. The summed E-state index contributed by atoms with van der Waals surface area (Å²) in [6.45, 7) is 10.7. The third-order valence-corrected chi connectivity index (χ3v) is 6.57. The standard InChI is InChI=1S/C20H23N3OS2/c1-6-23(16-10-8-7-9-11-16)20(24)14(4)26-19-17-12(2)13(3)25-18(17)21-15(5)22-19/h7-11,14H,6H2,1-5H3/t14-/m0/s1. The molecule has 1 aromatic carbocycles. The lowest BCUT2D eigenvalue weighted by molar-refractivity contribution is -0.117. The Morgan fingerprint density at radius 2 is 1.88 bits per heavy atom. The second-order valence-corrected chi connectivity index (χ2v) is 8.75. The average molecular weight is 386 g/mol. The van der Waals surface area contributed by atoms with E-state index >= 15 is 0 Å². The van der Waals surface area contributed by atoms with Crippen LogP contribution in [-0.4, -0.2) is 27.7 Å². The molecule has 26 heavy (non-hydrogen) atoms. The second kappa shape index (κ2) is 7.76. The molecule has 1 atom stereocenters. The van der Waals surface area contributed by atoms with Crippen molar-refractivity contribution >= 4 is 44.9 Å². The Kier molecular flexibility index (Phi) is 5.63.